The number of rotatable bonds is 8. The zero-order chi connectivity index (χ0) is 21.2. The monoisotopic (exact) mass is 415 g/mol. The molecule has 0 aliphatic heterocycles. The van der Waals surface area contributed by atoms with E-state index in [0.717, 1.165) is 0 Å². The van der Waals surface area contributed by atoms with Gasteiger partial charge in [-0.25, -0.2) is 0 Å². The molecule has 8 heteroatoms. The number of amides is 2. The van der Waals surface area contributed by atoms with Gasteiger partial charge in [-0.3, -0.25) is 14.9 Å². The largest absolute Gasteiger partial charge is 0.490 e. The van der Waals surface area contributed by atoms with E-state index in [1.54, 1.807) is 55.6 Å². The predicted molar refractivity (Wildman–Crippen MR) is 117 cm³/mol. The minimum absolute atomic E-state index is 0.0717. The van der Waals surface area contributed by atoms with Crippen LogP contribution in [0.2, 0.25) is 0 Å². The fourth-order valence-electron chi connectivity index (χ4n) is 2.49. The normalized spacial score (nSPS) is 10.3. The third-order valence-corrected chi connectivity index (χ3v) is 3.94. The molecule has 154 valence electrons. The average molecular weight is 416 g/mol. The van der Waals surface area contributed by atoms with Crippen molar-refractivity contribution in [1.29, 1.82) is 0 Å². The maximum atomic E-state index is 12.6. The summed E-state index contributed by atoms with van der Waals surface area (Å²) >= 11 is 5.26. The molecule has 0 fully saturated rings. The molecule has 0 aromatic heterocycles. The van der Waals surface area contributed by atoms with Crippen molar-refractivity contribution in [3.05, 3.63) is 59.7 Å². The number of para-hydroxylation sites is 2. The SMILES string of the molecule is COCCNC(=O)c1ccccc1NC(=S)NC(=O)c1ccccc1OC(C)C. The van der Waals surface area contributed by atoms with Crippen LogP contribution in [0.15, 0.2) is 48.5 Å². The first kappa shape index (κ1) is 22.3. The molecule has 0 spiro atoms. The number of benzene rings is 2. The molecule has 2 aromatic rings. The van der Waals surface area contributed by atoms with Gasteiger partial charge in [0.05, 0.1) is 29.5 Å². The number of hydrogen-bond acceptors (Lipinski definition) is 5. The Kier molecular flexibility index (Phi) is 8.57. The Morgan fingerprint density at radius 2 is 1.66 bits per heavy atom. The molecule has 2 aromatic carbocycles. The van der Waals surface area contributed by atoms with Gasteiger partial charge in [0.25, 0.3) is 11.8 Å². The van der Waals surface area contributed by atoms with Crippen molar-refractivity contribution in [2.24, 2.45) is 0 Å². The van der Waals surface area contributed by atoms with Crippen LogP contribution in [0.3, 0.4) is 0 Å². The average Bonchev–Trinajstić information content (AvgIpc) is 2.68. The molecule has 0 unspecified atom stereocenters. The third kappa shape index (κ3) is 6.85. The first-order chi connectivity index (χ1) is 13.9. The maximum Gasteiger partial charge on any atom is 0.261 e. The Bertz CT molecular complexity index is 871. The van der Waals surface area contributed by atoms with E-state index in [-0.39, 0.29) is 17.1 Å². The van der Waals surface area contributed by atoms with E-state index >= 15 is 0 Å². The van der Waals surface area contributed by atoms with Crippen LogP contribution >= 0.6 is 12.2 Å². The lowest BCUT2D eigenvalue weighted by Crippen LogP contribution is -2.35. The summed E-state index contributed by atoms with van der Waals surface area (Å²) < 4.78 is 10.6. The van der Waals surface area contributed by atoms with Crippen molar-refractivity contribution >= 4 is 34.8 Å². The summed E-state index contributed by atoms with van der Waals surface area (Å²) in [7, 11) is 1.56. The van der Waals surface area contributed by atoms with Crippen molar-refractivity contribution in [2.75, 3.05) is 25.6 Å². The molecule has 29 heavy (non-hydrogen) atoms. The molecule has 0 aliphatic rings. The van der Waals surface area contributed by atoms with E-state index in [1.807, 2.05) is 13.8 Å². The number of nitrogens with one attached hydrogen (secondary N) is 3. The fourth-order valence-corrected chi connectivity index (χ4v) is 2.69. The van der Waals surface area contributed by atoms with Crippen molar-refractivity contribution in [3.63, 3.8) is 0 Å². The lowest BCUT2D eigenvalue weighted by Gasteiger charge is -2.16. The van der Waals surface area contributed by atoms with Gasteiger partial charge in [-0.05, 0) is 50.3 Å². The molecule has 2 amide bonds. The number of carbonyl (C=O) groups excluding carboxylic acids is 2. The quantitative estimate of drug-likeness (QED) is 0.454. The molecule has 0 atom stereocenters. The minimum atomic E-state index is -0.402. The van der Waals surface area contributed by atoms with Crippen molar-refractivity contribution < 1.29 is 19.1 Å². The van der Waals surface area contributed by atoms with Crippen molar-refractivity contribution in [1.82, 2.24) is 10.6 Å². The van der Waals surface area contributed by atoms with Crippen molar-refractivity contribution in [3.8, 4) is 5.75 Å². The van der Waals surface area contributed by atoms with Crippen LogP contribution in [0.25, 0.3) is 0 Å². The second-order valence-corrected chi connectivity index (χ2v) is 6.77. The second-order valence-electron chi connectivity index (χ2n) is 6.37. The highest BCUT2D eigenvalue weighted by Gasteiger charge is 2.16. The third-order valence-electron chi connectivity index (χ3n) is 3.73. The van der Waals surface area contributed by atoms with E-state index in [1.165, 1.54) is 0 Å². The summed E-state index contributed by atoms with van der Waals surface area (Å²) in [6, 6.07) is 13.8. The lowest BCUT2D eigenvalue weighted by molar-refractivity contribution is 0.0936. The van der Waals surface area contributed by atoms with Gasteiger partial charge < -0.3 is 20.1 Å². The Labute approximate surface area is 175 Å². The minimum Gasteiger partial charge on any atom is -0.490 e. The van der Waals surface area contributed by atoms with Gasteiger partial charge in [0.2, 0.25) is 0 Å². The van der Waals surface area contributed by atoms with Gasteiger partial charge in [-0.15, -0.1) is 0 Å². The molecular formula is C21H25N3O4S. The number of thiocarbonyl (C=S) groups is 1. The zero-order valence-corrected chi connectivity index (χ0v) is 17.5. The summed E-state index contributed by atoms with van der Waals surface area (Å²) in [6.45, 7) is 4.57. The number of carbonyl (C=O) groups is 2. The highest BCUT2D eigenvalue weighted by atomic mass is 32.1. The molecule has 7 nitrogen and oxygen atoms in total. The molecule has 0 radical (unpaired) electrons. The topological polar surface area (TPSA) is 88.7 Å². The molecule has 0 saturated heterocycles. The van der Waals surface area contributed by atoms with Crippen LogP contribution in [-0.2, 0) is 4.74 Å². The maximum absolute atomic E-state index is 12.6. The van der Waals surface area contributed by atoms with Gasteiger partial charge in [0.1, 0.15) is 5.75 Å². The predicted octanol–water partition coefficient (Wildman–Crippen LogP) is 2.98. The highest BCUT2D eigenvalue weighted by molar-refractivity contribution is 7.80. The summed E-state index contributed by atoms with van der Waals surface area (Å²) in [5.41, 5.74) is 1.26. The first-order valence-electron chi connectivity index (χ1n) is 9.16. The van der Waals surface area contributed by atoms with Crippen LogP contribution in [0.4, 0.5) is 5.69 Å². The zero-order valence-electron chi connectivity index (χ0n) is 16.7. The molecule has 2 rings (SSSR count). The van der Waals surface area contributed by atoms with Crippen molar-refractivity contribution in [2.45, 2.75) is 20.0 Å². The molecule has 0 heterocycles. The Morgan fingerprint density at radius 3 is 2.34 bits per heavy atom. The van der Waals surface area contributed by atoms with Gasteiger partial charge >= 0.3 is 0 Å². The first-order valence-corrected chi connectivity index (χ1v) is 9.57. The smallest absolute Gasteiger partial charge is 0.261 e. The van der Waals surface area contributed by atoms with Crippen LogP contribution in [-0.4, -0.2) is 43.3 Å². The fraction of sp³-hybridized carbons (Fsp3) is 0.286. The van der Waals surface area contributed by atoms with Gasteiger partial charge in [-0.1, -0.05) is 24.3 Å². The molecule has 0 saturated carbocycles. The van der Waals surface area contributed by atoms with Crippen LogP contribution < -0.4 is 20.7 Å². The highest BCUT2D eigenvalue weighted by Crippen LogP contribution is 2.19. The van der Waals surface area contributed by atoms with E-state index < -0.39 is 5.91 Å². The summed E-state index contributed by atoms with van der Waals surface area (Å²) in [5.74, 6) is -0.198. The molecule has 0 bridgehead atoms. The van der Waals surface area contributed by atoms with Crippen LogP contribution in [0.1, 0.15) is 34.6 Å². The second kappa shape index (κ2) is 11.1. The van der Waals surface area contributed by atoms with E-state index in [4.69, 9.17) is 21.7 Å². The summed E-state index contributed by atoms with van der Waals surface area (Å²) in [4.78, 5) is 25.0. The molecule has 0 aliphatic carbocycles. The van der Waals surface area contributed by atoms with Crippen LogP contribution in [0, 0.1) is 0 Å². The summed E-state index contributed by atoms with van der Waals surface area (Å²) in [5, 5.41) is 8.37. The van der Waals surface area contributed by atoms with Gasteiger partial charge in [0, 0.05) is 13.7 Å². The van der Waals surface area contributed by atoms with Crippen LogP contribution in [0.5, 0.6) is 5.75 Å². The van der Waals surface area contributed by atoms with Gasteiger partial charge in [0.15, 0.2) is 5.11 Å². The number of hydrogen-bond donors (Lipinski definition) is 3. The van der Waals surface area contributed by atoms with E-state index in [0.29, 0.717) is 35.7 Å². The van der Waals surface area contributed by atoms with Gasteiger partial charge in [-0.2, -0.15) is 0 Å². The standard InChI is InChI=1S/C21H25N3O4S/c1-14(2)28-18-11-7-5-9-16(18)20(26)24-21(29)23-17-10-6-4-8-15(17)19(25)22-12-13-27-3/h4-11,14H,12-13H2,1-3H3,(H,22,25)(H2,23,24,26,29). The number of ether oxygens (including phenoxy) is 2. The lowest BCUT2D eigenvalue weighted by atomic mass is 10.1. The number of anilines is 1. The van der Waals surface area contributed by atoms with E-state index in [9.17, 15) is 9.59 Å². The Hall–Kier alpha value is -2.97. The molecule has 3 N–H and O–H groups in total. The Balaban J connectivity index is 2.07. The molecular weight excluding hydrogens is 390 g/mol. The summed E-state index contributed by atoms with van der Waals surface area (Å²) in [6.07, 6.45) is -0.0717. The van der Waals surface area contributed by atoms with E-state index in [2.05, 4.69) is 16.0 Å². The Morgan fingerprint density at radius 1 is 1.00 bits per heavy atom. The number of methoxy groups -OCH3 is 1.